The number of aromatic nitrogens is 1. The van der Waals surface area contributed by atoms with Crippen LogP contribution in [0.2, 0.25) is 0 Å². The second-order valence-electron chi connectivity index (χ2n) is 5.91. The topological polar surface area (TPSA) is 106 Å². The fraction of sp³-hybridized carbons (Fsp3) is 0. The Morgan fingerprint density at radius 3 is 1.88 bits per heavy atom. The zero-order chi connectivity index (χ0) is 18.3. The predicted molar refractivity (Wildman–Crippen MR) is 101 cm³/mol. The van der Waals surface area contributed by atoms with Gasteiger partial charge in [0.25, 0.3) is 5.56 Å². The summed E-state index contributed by atoms with van der Waals surface area (Å²) in [4.78, 5) is 14.7. The van der Waals surface area contributed by atoms with Gasteiger partial charge in [-0.05, 0) is 27.6 Å². The quantitative estimate of drug-likeness (QED) is 0.517. The average molecular weight is 336 g/mol. The molecule has 1 aromatic heterocycles. The van der Waals surface area contributed by atoms with Gasteiger partial charge in [0.2, 0.25) is 0 Å². The first-order valence-corrected chi connectivity index (χ1v) is 7.92. The van der Waals surface area contributed by atoms with Crippen molar-refractivity contribution in [2.75, 3.05) is 5.73 Å². The van der Waals surface area contributed by atoms with Gasteiger partial charge in [0, 0.05) is 11.1 Å². The van der Waals surface area contributed by atoms with E-state index in [9.17, 15) is 15.3 Å². The summed E-state index contributed by atoms with van der Waals surface area (Å²) in [5, 5.41) is 22.9. The van der Waals surface area contributed by atoms with Crippen LogP contribution in [0.5, 0.6) is 0 Å². The zero-order valence-electron chi connectivity index (χ0n) is 13.6. The number of rotatable bonds is 1. The van der Waals surface area contributed by atoms with Crippen molar-refractivity contribution in [1.82, 2.24) is 4.98 Å². The highest BCUT2D eigenvalue weighted by Crippen LogP contribution is 2.39. The first kappa shape index (κ1) is 15.4. The summed E-state index contributed by atoms with van der Waals surface area (Å²) in [5.41, 5.74) is 6.23. The van der Waals surface area contributed by atoms with E-state index in [0.29, 0.717) is 5.56 Å². The molecule has 0 saturated heterocycles. The lowest BCUT2D eigenvalue weighted by molar-refractivity contribution is 1.21. The van der Waals surface area contributed by atoms with Gasteiger partial charge in [-0.1, -0.05) is 48.5 Å². The second-order valence-corrected chi connectivity index (χ2v) is 5.91. The third kappa shape index (κ3) is 2.12. The summed E-state index contributed by atoms with van der Waals surface area (Å²) >= 11 is 0. The number of pyridine rings is 1. The van der Waals surface area contributed by atoms with Gasteiger partial charge in [0.1, 0.15) is 29.1 Å². The molecule has 4 rings (SSSR count). The first-order valence-electron chi connectivity index (χ1n) is 7.92. The molecule has 0 atom stereocenters. The minimum Gasteiger partial charge on any atom is -0.384 e. The predicted octanol–water partition coefficient (Wildman–Crippen LogP) is 3.67. The number of nitriles is 2. The van der Waals surface area contributed by atoms with Crippen LogP contribution in [0.1, 0.15) is 11.1 Å². The van der Waals surface area contributed by atoms with Crippen LogP contribution >= 0.6 is 0 Å². The lowest BCUT2D eigenvalue weighted by Gasteiger charge is -2.15. The molecule has 4 aromatic rings. The van der Waals surface area contributed by atoms with Crippen molar-refractivity contribution in [3.05, 3.63) is 76.1 Å². The van der Waals surface area contributed by atoms with Gasteiger partial charge in [0.15, 0.2) is 0 Å². The van der Waals surface area contributed by atoms with E-state index in [0.717, 1.165) is 21.5 Å². The van der Waals surface area contributed by atoms with Crippen LogP contribution < -0.4 is 11.3 Å². The number of nitrogens with two attached hydrogens (primary N) is 1. The number of nitrogen functional groups attached to an aromatic ring is 1. The molecular weight excluding hydrogens is 324 g/mol. The summed E-state index contributed by atoms with van der Waals surface area (Å²) in [7, 11) is 0. The molecule has 0 spiro atoms. The Balaban J connectivity index is 2.36. The largest absolute Gasteiger partial charge is 0.384 e. The Morgan fingerprint density at radius 2 is 1.35 bits per heavy atom. The standard InChI is InChI=1S/C21H12N4O/c22-10-16-19(17(11-23)21(26)25-20(16)24)18-14-7-3-1-5-12(14)9-13-6-2-4-8-15(13)18/h1-9H,(H3,24,25,26). The second kappa shape index (κ2) is 5.77. The van der Waals surface area contributed by atoms with Gasteiger partial charge in [-0.2, -0.15) is 10.5 Å². The molecule has 3 aromatic carbocycles. The van der Waals surface area contributed by atoms with E-state index >= 15 is 0 Å². The molecule has 26 heavy (non-hydrogen) atoms. The monoisotopic (exact) mass is 336 g/mol. The van der Waals surface area contributed by atoms with Crippen molar-refractivity contribution in [2.24, 2.45) is 0 Å². The molecule has 3 N–H and O–H groups in total. The van der Waals surface area contributed by atoms with E-state index < -0.39 is 5.56 Å². The van der Waals surface area contributed by atoms with Crippen LogP contribution in [0.25, 0.3) is 32.7 Å². The SMILES string of the molecule is N#Cc1c(N)[nH]c(=O)c(C#N)c1-c1c2ccccc2cc2ccccc12. The van der Waals surface area contributed by atoms with Crippen LogP contribution in [0.4, 0.5) is 5.82 Å². The molecule has 0 bridgehead atoms. The number of nitrogens with zero attached hydrogens (tertiary/aromatic N) is 2. The third-order valence-corrected chi connectivity index (χ3v) is 4.49. The maximum Gasteiger partial charge on any atom is 0.268 e. The Morgan fingerprint density at radius 1 is 0.808 bits per heavy atom. The normalized spacial score (nSPS) is 10.5. The molecule has 0 unspecified atom stereocenters. The number of benzene rings is 3. The van der Waals surface area contributed by atoms with Crippen molar-refractivity contribution in [3.63, 3.8) is 0 Å². The number of anilines is 1. The Hall–Kier alpha value is -4.09. The molecule has 5 nitrogen and oxygen atoms in total. The van der Waals surface area contributed by atoms with E-state index in [-0.39, 0.29) is 22.5 Å². The van der Waals surface area contributed by atoms with E-state index in [2.05, 4.69) is 4.98 Å². The molecule has 0 fully saturated rings. The van der Waals surface area contributed by atoms with Gasteiger partial charge in [-0.25, -0.2) is 0 Å². The van der Waals surface area contributed by atoms with Crippen LogP contribution in [-0.4, -0.2) is 4.98 Å². The number of hydrogen-bond acceptors (Lipinski definition) is 4. The van der Waals surface area contributed by atoms with Gasteiger partial charge in [-0.3, -0.25) is 4.79 Å². The molecule has 0 aliphatic carbocycles. The van der Waals surface area contributed by atoms with E-state index in [1.54, 1.807) is 0 Å². The smallest absolute Gasteiger partial charge is 0.268 e. The lowest BCUT2D eigenvalue weighted by Crippen LogP contribution is -2.16. The van der Waals surface area contributed by atoms with Gasteiger partial charge >= 0.3 is 0 Å². The van der Waals surface area contributed by atoms with Gasteiger partial charge in [-0.15, -0.1) is 0 Å². The van der Waals surface area contributed by atoms with Crippen LogP contribution in [0.3, 0.4) is 0 Å². The maximum absolute atomic E-state index is 12.3. The van der Waals surface area contributed by atoms with Crippen molar-refractivity contribution >= 4 is 27.4 Å². The van der Waals surface area contributed by atoms with E-state index in [1.165, 1.54) is 0 Å². The number of fused-ring (bicyclic) bond motifs is 2. The Bertz CT molecular complexity index is 1280. The third-order valence-electron chi connectivity index (χ3n) is 4.49. The number of aromatic amines is 1. The van der Waals surface area contributed by atoms with Crippen molar-refractivity contribution in [1.29, 1.82) is 10.5 Å². The number of nitrogens with one attached hydrogen (secondary N) is 1. The highest BCUT2D eigenvalue weighted by Gasteiger charge is 2.21. The summed E-state index contributed by atoms with van der Waals surface area (Å²) in [5.74, 6) is -0.0384. The van der Waals surface area contributed by atoms with Crippen molar-refractivity contribution in [2.45, 2.75) is 0 Å². The summed E-state index contributed by atoms with van der Waals surface area (Å²) < 4.78 is 0. The zero-order valence-corrected chi connectivity index (χ0v) is 13.6. The minimum atomic E-state index is -0.601. The lowest BCUT2D eigenvalue weighted by atomic mass is 9.88. The number of H-pyrrole nitrogens is 1. The van der Waals surface area contributed by atoms with Crippen molar-refractivity contribution in [3.8, 4) is 23.3 Å². The first-order chi connectivity index (χ1) is 12.7. The van der Waals surface area contributed by atoms with Crippen LogP contribution in [0, 0.1) is 22.7 Å². The molecule has 0 radical (unpaired) electrons. The molecule has 0 saturated carbocycles. The molecular formula is C21H12N4O. The van der Waals surface area contributed by atoms with Crippen LogP contribution in [0.15, 0.2) is 59.4 Å². The fourth-order valence-corrected chi connectivity index (χ4v) is 3.38. The van der Waals surface area contributed by atoms with Gasteiger partial charge < -0.3 is 10.7 Å². The molecule has 1 heterocycles. The Kier molecular flexibility index (Phi) is 3.42. The minimum absolute atomic E-state index is 0.0384. The molecule has 0 aliphatic heterocycles. The maximum atomic E-state index is 12.3. The van der Waals surface area contributed by atoms with Crippen LogP contribution in [-0.2, 0) is 0 Å². The summed E-state index contributed by atoms with van der Waals surface area (Å²) in [6, 6.07) is 21.4. The molecule has 0 aliphatic rings. The molecule has 5 heteroatoms. The summed E-state index contributed by atoms with van der Waals surface area (Å²) in [6.07, 6.45) is 0. The molecule has 0 amide bonds. The Labute approximate surface area is 148 Å². The van der Waals surface area contributed by atoms with E-state index in [4.69, 9.17) is 5.73 Å². The average Bonchev–Trinajstić information content (AvgIpc) is 2.65. The van der Waals surface area contributed by atoms with Gasteiger partial charge in [0.05, 0.1) is 0 Å². The highest BCUT2D eigenvalue weighted by molar-refractivity contribution is 6.14. The van der Waals surface area contributed by atoms with Crippen molar-refractivity contribution < 1.29 is 0 Å². The number of hydrogen-bond donors (Lipinski definition) is 2. The molecule has 122 valence electrons. The fourth-order valence-electron chi connectivity index (χ4n) is 3.38. The highest BCUT2D eigenvalue weighted by atomic mass is 16.1. The summed E-state index contributed by atoms with van der Waals surface area (Å²) in [6.45, 7) is 0. The van der Waals surface area contributed by atoms with E-state index in [1.807, 2.05) is 66.7 Å².